The Bertz CT molecular complexity index is 160. The lowest BCUT2D eigenvalue weighted by molar-refractivity contribution is 0.0131. The molecule has 0 spiro atoms. The second kappa shape index (κ2) is 14.2. The number of hydrogen-bond acceptors (Lipinski definition) is 5. The van der Waals surface area contributed by atoms with Gasteiger partial charge < -0.3 is 25.7 Å². The molecule has 0 radical (unpaired) electrons. The average Bonchev–Trinajstić information content (AvgIpc) is 2.34. The van der Waals surface area contributed by atoms with E-state index in [2.05, 4.69) is 0 Å². The molecule has 116 valence electrons. The molecule has 0 aromatic rings. The van der Waals surface area contributed by atoms with Crippen molar-refractivity contribution in [1.29, 1.82) is 0 Å². The van der Waals surface area contributed by atoms with Crippen LogP contribution in [0.3, 0.4) is 0 Å². The van der Waals surface area contributed by atoms with E-state index in [0.717, 1.165) is 38.9 Å². The van der Waals surface area contributed by atoms with Gasteiger partial charge in [0.25, 0.3) is 0 Å². The Labute approximate surface area is 118 Å². The molecule has 0 aliphatic carbocycles. The van der Waals surface area contributed by atoms with Crippen molar-refractivity contribution < 1.29 is 14.2 Å². The molecule has 0 heterocycles. The number of rotatable bonds is 14. The summed E-state index contributed by atoms with van der Waals surface area (Å²) in [5.41, 5.74) is 11.3. The van der Waals surface area contributed by atoms with E-state index < -0.39 is 0 Å². The fraction of sp³-hybridized carbons (Fsp3) is 1.00. The van der Waals surface area contributed by atoms with E-state index in [4.69, 9.17) is 25.7 Å². The largest absolute Gasteiger partial charge is 0.379 e. The Morgan fingerprint density at radius 2 is 0.947 bits per heavy atom. The van der Waals surface area contributed by atoms with Gasteiger partial charge in [-0.15, -0.1) is 0 Å². The van der Waals surface area contributed by atoms with Crippen molar-refractivity contribution in [2.45, 2.75) is 51.6 Å². The Kier molecular flexibility index (Phi) is 14.1. The quantitative estimate of drug-likeness (QED) is 0.467. The molecule has 2 unspecified atom stereocenters. The van der Waals surface area contributed by atoms with Gasteiger partial charge in [-0.1, -0.05) is 0 Å². The molecule has 2 atom stereocenters. The van der Waals surface area contributed by atoms with Crippen LogP contribution in [0.25, 0.3) is 0 Å². The van der Waals surface area contributed by atoms with Crippen LogP contribution in [0, 0.1) is 0 Å². The normalized spacial score (nSPS) is 14.5. The summed E-state index contributed by atoms with van der Waals surface area (Å²) >= 11 is 0. The second-order valence-electron chi connectivity index (χ2n) is 5.08. The summed E-state index contributed by atoms with van der Waals surface area (Å²) in [5, 5.41) is 0. The lowest BCUT2D eigenvalue weighted by atomic mass is 10.2. The lowest BCUT2D eigenvalue weighted by Gasteiger charge is -2.08. The third kappa shape index (κ3) is 17.8. The van der Waals surface area contributed by atoms with Gasteiger partial charge >= 0.3 is 0 Å². The van der Waals surface area contributed by atoms with E-state index >= 15 is 0 Å². The van der Waals surface area contributed by atoms with Crippen LogP contribution in [-0.2, 0) is 14.2 Å². The average molecular weight is 276 g/mol. The molecular formula is C14H32N2O3. The van der Waals surface area contributed by atoms with Crippen LogP contribution < -0.4 is 11.5 Å². The van der Waals surface area contributed by atoms with E-state index in [1.807, 2.05) is 13.8 Å². The minimum Gasteiger partial charge on any atom is -0.379 e. The highest BCUT2D eigenvalue weighted by atomic mass is 16.5. The molecule has 4 N–H and O–H groups in total. The van der Waals surface area contributed by atoms with Crippen molar-refractivity contribution in [3.8, 4) is 0 Å². The molecule has 0 amide bonds. The highest BCUT2D eigenvalue weighted by molar-refractivity contribution is 4.52. The summed E-state index contributed by atoms with van der Waals surface area (Å²) in [7, 11) is 0. The first kappa shape index (κ1) is 18.8. The molecule has 0 saturated heterocycles. The minimum absolute atomic E-state index is 0.263. The van der Waals surface area contributed by atoms with Gasteiger partial charge in [0.1, 0.15) is 0 Å². The smallest absolute Gasteiger partial charge is 0.0701 e. The lowest BCUT2D eigenvalue weighted by Crippen LogP contribution is -2.16. The van der Waals surface area contributed by atoms with Gasteiger partial charge in [0.05, 0.1) is 26.4 Å². The monoisotopic (exact) mass is 276 g/mol. The van der Waals surface area contributed by atoms with Gasteiger partial charge in [0, 0.05) is 25.3 Å². The Morgan fingerprint density at radius 1 is 0.632 bits per heavy atom. The van der Waals surface area contributed by atoms with E-state index in [9.17, 15) is 0 Å². The zero-order valence-corrected chi connectivity index (χ0v) is 12.6. The zero-order chi connectivity index (χ0) is 14.3. The van der Waals surface area contributed by atoms with Crippen molar-refractivity contribution >= 4 is 0 Å². The van der Waals surface area contributed by atoms with Gasteiger partial charge in [-0.05, 0) is 39.5 Å². The van der Waals surface area contributed by atoms with Crippen LogP contribution in [0.5, 0.6) is 0 Å². The van der Waals surface area contributed by atoms with Gasteiger partial charge in [-0.25, -0.2) is 0 Å². The molecule has 5 nitrogen and oxygen atoms in total. The maximum absolute atomic E-state index is 5.64. The predicted octanol–water partition coefficient (Wildman–Crippen LogP) is 1.29. The SMILES string of the molecule is CC(N)CCCOCCOCCOCCCC(C)N. The van der Waals surface area contributed by atoms with Gasteiger partial charge in [0.2, 0.25) is 0 Å². The third-order valence-electron chi connectivity index (χ3n) is 2.64. The first-order valence-corrected chi connectivity index (χ1v) is 7.37. The summed E-state index contributed by atoms with van der Waals surface area (Å²) in [6.07, 6.45) is 4.05. The summed E-state index contributed by atoms with van der Waals surface area (Å²) in [6.45, 7) is 8.09. The Morgan fingerprint density at radius 3 is 1.26 bits per heavy atom. The van der Waals surface area contributed by atoms with Crippen molar-refractivity contribution in [2.24, 2.45) is 11.5 Å². The van der Waals surface area contributed by atoms with Crippen LogP contribution in [-0.4, -0.2) is 51.7 Å². The first-order valence-electron chi connectivity index (χ1n) is 7.37. The van der Waals surface area contributed by atoms with Crippen molar-refractivity contribution in [3.05, 3.63) is 0 Å². The molecule has 0 aliphatic heterocycles. The standard InChI is InChI=1S/C14H32N2O3/c1-13(15)5-3-7-17-9-11-19-12-10-18-8-4-6-14(2)16/h13-14H,3-12,15-16H2,1-2H3. The minimum atomic E-state index is 0.263. The molecular weight excluding hydrogens is 244 g/mol. The molecule has 0 saturated carbocycles. The summed E-state index contributed by atoms with van der Waals surface area (Å²) < 4.78 is 16.2. The molecule has 0 aromatic heterocycles. The maximum atomic E-state index is 5.64. The molecule has 0 aliphatic rings. The van der Waals surface area contributed by atoms with Crippen LogP contribution >= 0.6 is 0 Å². The predicted molar refractivity (Wildman–Crippen MR) is 78.2 cm³/mol. The van der Waals surface area contributed by atoms with Crippen molar-refractivity contribution in [2.75, 3.05) is 39.6 Å². The highest BCUT2D eigenvalue weighted by Crippen LogP contribution is 1.95. The van der Waals surface area contributed by atoms with Gasteiger partial charge in [-0.3, -0.25) is 0 Å². The maximum Gasteiger partial charge on any atom is 0.0701 e. The fourth-order valence-electron chi connectivity index (χ4n) is 1.56. The first-order chi connectivity index (χ1) is 9.13. The van der Waals surface area contributed by atoms with E-state index in [-0.39, 0.29) is 12.1 Å². The third-order valence-corrected chi connectivity index (χ3v) is 2.64. The summed E-state index contributed by atoms with van der Waals surface area (Å²) in [4.78, 5) is 0. The molecule has 0 aromatic carbocycles. The van der Waals surface area contributed by atoms with E-state index in [0.29, 0.717) is 26.4 Å². The van der Waals surface area contributed by atoms with Crippen LogP contribution in [0.4, 0.5) is 0 Å². The van der Waals surface area contributed by atoms with Crippen LogP contribution in [0.2, 0.25) is 0 Å². The Hall–Kier alpha value is -0.200. The second-order valence-corrected chi connectivity index (χ2v) is 5.08. The number of hydrogen-bond donors (Lipinski definition) is 2. The highest BCUT2D eigenvalue weighted by Gasteiger charge is 1.96. The molecule has 19 heavy (non-hydrogen) atoms. The summed E-state index contributed by atoms with van der Waals surface area (Å²) in [6, 6.07) is 0.526. The number of ether oxygens (including phenoxy) is 3. The molecule has 0 bridgehead atoms. The van der Waals surface area contributed by atoms with Crippen molar-refractivity contribution in [1.82, 2.24) is 0 Å². The van der Waals surface area contributed by atoms with Crippen LogP contribution in [0.15, 0.2) is 0 Å². The topological polar surface area (TPSA) is 79.7 Å². The van der Waals surface area contributed by atoms with Crippen molar-refractivity contribution in [3.63, 3.8) is 0 Å². The van der Waals surface area contributed by atoms with E-state index in [1.165, 1.54) is 0 Å². The molecule has 5 heteroatoms. The van der Waals surface area contributed by atoms with Gasteiger partial charge in [-0.2, -0.15) is 0 Å². The van der Waals surface area contributed by atoms with Crippen LogP contribution in [0.1, 0.15) is 39.5 Å². The number of nitrogens with two attached hydrogens (primary N) is 2. The molecule has 0 fully saturated rings. The van der Waals surface area contributed by atoms with E-state index in [1.54, 1.807) is 0 Å². The van der Waals surface area contributed by atoms with Gasteiger partial charge in [0.15, 0.2) is 0 Å². The molecule has 0 rings (SSSR count). The zero-order valence-electron chi connectivity index (χ0n) is 12.6. The fourth-order valence-corrected chi connectivity index (χ4v) is 1.56. The Balaban J connectivity index is 2.95. The summed E-state index contributed by atoms with van der Waals surface area (Å²) in [5.74, 6) is 0.